The third-order valence-electron chi connectivity index (χ3n) is 2.26. The Morgan fingerprint density at radius 1 is 1.11 bits per heavy atom. The Hall–Kier alpha value is -1.59. The van der Waals surface area contributed by atoms with E-state index in [-0.39, 0.29) is 10.3 Å². The van der Waals surface area contributed by atoms with E-state index in [2.05, 4.69) is 26.6 Å². The Labute approximate surface area is 122 Å². The first kappa shape index (κ1) is 13.8. The molecule has 0 heterocycles. The Bertz CT molecular complexity index is 621. The molecule has 3 nitrogen and oxygen atoms in total. The molecule has 2 amide bonds. The zero-order valence-electron chi connectivity index (χ0n) is 9.58. The predicted octanol–water partition coefficient (Wildman–Crippen LogP) is 4.89. The Morgan fingerprint density at radius 3 is 2.42 bits per heavy atom. The summed E-state index contributed by atoms with van der Waals surface area (Å²) in [6.45, 7) is 0. The van der Waals surface area contributed by atoms with E-state index in [1.54, 1.807) is 24.3 Å². The molecule has 0 spiro atoms. The lowest BCUT2D eigenvalue weighted by Crippen LogP contribution is -2.19. The summed E-state index contributed by atoms with van der Waals surface area (Å²) in [4.78, 5) is 11.7. The molecule has 0 unspecified atom stereocenters. The van der Waals surface area contributed by atoms with Gasteiger partial charge in [0.1, 0.15) is 5.82 Å². The number of nitrogens with one attached hydrogen (secondary N) is 2. The van der Waals surface area contributed by atoms with E-state index in [0.29, 0.717) is 16.4 Å². The van der Waals surface area contributed by atoms with E-state index in [4.69, 9.17) is 11.6 Å². The zero-order chi connectivity index (χ0) is 13.8. The van der Waals surface area contributed by atoms with Crippen molar-refractivity contribution in [1.29, 1.82) is 0 Å². The maximum absolute atomic E-state index is 13.0. The first-order chi connectivity index (χ1) is 9.04. The van der Waals surface area contributed by atoms with Crippen molar-refractivity contribution in [1.82, 2.24) is 0 Å². The van der Waals surface area contributed by atoms with Crippen molar-refractivity contribution in [2.75, 3.05) is 10.6 Å². The lowest BCUT2D eigenvalue weighted by atomic mass is 10.3. The highest BCUT2D eigenvalue weighted by Gasteiger charge is 2.05. The number of urea groups is 1. The van der Waals surface area contributed by atoms with Gasteiger partial charge in [0.15, 0.2) is 0 Å². The molecule has 0 radical (unpaired) electrons. The summed E-state index contributed by atoms with van der Waals surface area (Å²) in [5.74, 6) is -0.388. The first-order valence-electron chi connectivity index (χ1n) is 5.33. The summed E-state index contributed by atoms with van der Waals surface area (Å²) in [6.07, 6.45) is 0. The maximum Gasteiger partial charge on any atom is 0.323 e. The van der Waals surface area contributed by atoms with Crippen LogP contribution >= 0.6 is 27.5 Å². The summed E-state index contributed by atoms with van der Waals surface area (Å²) >= 11 is 8.86. The van der Waals surface area contributed by atoms with Crippen LogP contribution in [-0.2, 0) is 0 Å². The van der Waals surface area contributed by atoms with Crippen LogP contribution in [-0.4, -0.2) is 6.03 Å². The minimum atomic E-state index is -0.430. The van der Waals surface area contributed by atoms with Gasteiger partial charge in [0, 0.05) is 16.4 Å². The molecule has 0 aliphatic heterocycles. The number of halogens is 3. The highest BCUT2D eigenvalue weighted by molar-refractivity contribution is 9.10. The Kier molecular flexibility index (Phi) is 4.39. The standard InChI is InChI=1S/C13H9BrClFN2O/c14-11-7-10(4-5-12(11)16)18-13(19)17-9-3-1-2-8(15)6-9/h1-7H,(H2,17,18,19). The molecule has 98 valence electrons. The predicted molar refractivity (Wildman–Crippen MR) is 78.2 cm³/mol. The molecule has 2 aromatic rings. The molecule has 0 atom stereocenters. The van der Waals surface area contributed by atoms with Crippen LogP contribution in [0.4, 0.5) is 20.6 Å². The summed E-state index contributed by atoms with van der Waals surface area (Å²) in [5.41, 5.74) is 1.05. The topological polar surface area (TPSA) is 41.1 Å². The van der Waals surface area contributed by atoms with E-state index in [9.17, 15) is 9.18 Å². The average Bonchev–Trinajstić information content (AvgIpc) is 2.34. The molecule has 2 N–H and O–H groups in total. The number of hydrogen-bond acceptors (Lipinski definition) is 1. The van der Waals surface area contributed by atoms with Gasteiger partial charge in [0.2, 0.25) is 0 Å². The lowest BCUT2D eigenvalue weighted by molar-refractivity contribution is 0.262. The van der Waals surface area contributed by atoms with Crippen LogP contribution in [0.5, 0.6) is 0 Å². The number of hydrogen-bond donors (Lipinski definition) is 2. The minimum absolute atomic E-state index is 0.285. The van der Waals surface area contributed by atoms with Gasteiger partial charge in [-0.15, -0.1) is 0 Å². The fourth-order valence-electron chi connectivity index (χ4n) is 1.43. The fourth-order valence-corrected chi connectivity index (χ4v) is 2.00. The van der Waals surface area contributed by atoms with Crippen LogP contribution in [0.15, 0.2) is 46.9 Å². The second-order valence-corrected chi connectivity index (χ2v) is 5.01. The number of carbonyl (C=O) groups is 1. The largest absolute Gasteiger partial charge is 0.323 e. The minimum Gasteiger partial charge on any atom is -0.308 e. The van der Waals surface area contributed by atoms with Crippen molar-refractivity contribution < 1.29 is 9.18 Å². The Balaban J connectivity index is 2.03. The second-order valence-electron chi connectivity index (χ2n) is 3.72. The number of amides is 2. The van der Waals surface area contributed by atoms with Crippen molar-refractivity contribution in [3.8, 4) is 0 Å². The van der Waals surface area contributed by atoms with E-state index >= 15 is 0 Å². The number of rotatable bonds is 2. The van der Waals surface area contributed by atoms with Gasteiger partial charge in [-0.3, -0.25) is 0 Å². The summed E-state index contributed by atoms with van der Waals surface area (Å²) in [6, 6.07) is 10.6. The molecule has 0 saturated heterocycles. The van der Waals surface area contributed by atoms with Crippen molar-refractivity contribution in [2.45, 2.75) is 0 Å². The molecule has 0 saturated carbocycles. The molecule has 0 aromatic heterocycles. The van der Waals surface area contributed by atoms with Crippen LogP contribution in [0, 0.1) is 5.82 Å². The normalized spacial score (nSPS) is 10.1. The smallest absolute Gasteiger partial charge is 0.308 e. The molecular weight excluding hydrogens is 335 g/mol. The molecule has 0 bridgehead atoms. The third kappa shape index (κ3) is 3.94. The Morgan fingerprint density at radius 2 is 1.79 bits per heavy atom. The SMILES string of the molecule is O=C(Nc1cccc(Cl)c1)Nc1ccc(F)c(Br)c1. The fraction of sp³-hybridized carbons (Fsp3) is 0. The van der Waals surface area contributed by atoms with Crippen molar-refractivity contribution in [3.63, 3.8) is 0 Å². The van der Waals surface area contributed by atoms with Gasteiger partial charge >= 0.3 is 6.03 Å². The van der Waals surface area contributed by atoms with Crippen LogP contribution in [0.3, 0.4) is 0 Å². The molecular formula is C13H9BrClFN2O. The molecule has 0 aliphatic rings. The highest BCUT2D eigenvalue weighted by atomic mass is 79.9. The van der Waals surface area contributed by atoms with Gasteiger partial charge in [-0.25, -0.2) is 9.18 Å². The van der Waals surface area contributed by atoms with Gasteiger partial charge in [0.05, 0.1) is 4.47 Å². The number of anilines is 2. The average molecular weight is 344 g/mol. The van der Waals surface area contributed by atoms with E-state index < -0.39 is 6.03 Å². The molecule has 0 fully saturated rings. The van der Waals surface area contributed by atoms with Gasteiger partial charge in [-0.05, 0) is 52.3 Å². The third-order valence-corrected chi connectivity index (χ3v) is 3.10. The van der Waals surface area contributed by atoms with E-state index in [1.165, 1.54) is 18.2 Å². The summed E-state index contributed by atoms with van der Waals surface area (Å²) < 4.78 is 13.3. The van der Waals surface area contributed by atoms with Gasteiger partial charge in [-0.2, -0.15) is 0 Å². The lowest BCUT2D eigenvalue weighted by Gasteiger charge is -2.08. The molecule has 2 aromatic carbocycles. The number of benzene rings is 2. The van der Waals surface area contributed by atoms with Crippen LogP contribution < -0.4 is 10.6 Å². The molecule has 6 heteroatoms. The molecule has 19 heavy (non-hydrogen) atoms. The monoisotopic (exact) mass is 342 g/mol. The maximum atomic E-state index is 13.0. The molecule has 2 rings (SSSR count). The van der Waals surface area contributed by atoms with Crippen LogP contribution in [0.1, 0.15) is 0 Å². The van der Waals surface area contributed by atoms with Gasteiger partial charge in [-0.1, -0.05) is 17.7 Å². The summed E-state index contributed by atoms with van der Waals surface area (Å²) in [5, 5.41) is 5.74. The zero-order valence-corrected chi connectivity index (χ0v) is 11.9. The van der Waals surface area contributed by atoms with Crippen LogP contribution in [0.25, 0.3) is 0 Å². The van der Waals surface area contributed by atoms with E-state index in [0.717, 1.165) is 0 Å². The summed E-state index contributed by atoms with van der Waals surface area (Å²) in [7, 11) is 0. The van der Waals surface area contributed by atoms with Gasteiger partial charge in [0.25, 0.3) is 0 Å². The quantitative estimate of drug-likeness (QED) is 0.801. The second kappa shape index (κ2) is 6.04. The van der Waals surface area contributed by atoms with Crippen LogP contribution in [0.2, 0.25) is 5.02 Å². The van der Waals surface area contributed by atoms with Crippen molar-refractivity contribution in [2.24, 2.45) is 0 Å². The highest BCUT2D eigenvalue weighted by Crippen LogP contribution is 2.20. The first-order valence-corrected chi connectivity index (χ1v) is 6.50. The van der Waals surface area contributed by atoms with Crippen molar-refractivity contribution >= 4 is 44.9 Å². The van der Waals surface area contributed by atoms with Crippen molar-refractivity contribution in [3.05, 3.63) is 57.8 Å². The van der Waals surface area contributed by atoms with E-state index in [1.807, 2.05) is 0 Å². The van der Waals surface area contributed by atoms with Gasteiger partial charge < -0.3 is 10.6 Å². The molecule has 0 aliphatic carbocycles. The number of carbonyl (C=O) groups excluding carboxylic acids is 1.